The zero-order valence-electron chi connectivity index (χ0n) is 30.0. The Hall–Kier alpha value is -7.36. The third-order valence-electron chi connectivity index (χ3n) is 11.0. The summed E-state index contributed by atoms with van der Waals surface area (Å²) in [6.07, 6.45) is 0. The van der Waals surface area contributed by atoms with Crippen molar-refractivity contribution < 1.29 is 0 Å². The molecule has 0 spiro atoms. The molecule has 0 bridgehead atoms. The Kier molecular flexibility index (Phi) is 7.17. The van der Waals surface area contributed by atoms with Crippen LogP contribution in [0.4, 0.5) is 17.1 Å². The van der Waals surface area contributed by atoms with Gasteiger partial charge in [0.25, 0.3) is 0 Å². The van der Waals surface area contributed by atoms with E-state index in [4.69, 9.17) is 0 Å². The number of nitrogens with zero attached hydrogens (tertiary/aromatic N) is 3. The molecule has 258 valence electrons. The Bertz CT molecular complexity index is 3150. The molecule has 0 N–H and O–H groups in total. The standard InChI is InChI=1S/C52H35N3/c1-3-17-40(18-4-1)53(42-29-27-36-15-7-8-16-37(36)31-42)43-32-39(33-44(35-43)55-49-24-12-9-21-45(49)46-22-10-13-25-50(46)55)38-28-30-52-48(34-38)47-23-11-14-26-51(47)54(52)41-19-5-2-6-20-41/h1-35H. The topological polar surface area (TPSA) is 13.1 Å². The highest BCUT2D eigenvalue weighted by molar-refractivity contribution is 6.11. The van der Waals surface area contributed by atoms with Gasteiger partial charge in [0.05, 0.1) is 22.1 Å². The molecule has 2 heterocycles. The molecule has 0 radical (unpaired) electrons. The van der Waals surface area contributed by atoms with Gasteiger partial charge in [-0.1, -0.05) is 127 Å². The van der Waals surface area contributed by atoms with Crippen LogP contribution in [0, 0.1) is 0 Å². The van der Waals surface area contributed by atoms with Crippen LogP contribution in [0.5, 0.6) is 0 Å². The number of hydrogen-bond donors (Lipinski definition) is 0. The first-order valence-corrected chi connectivity index (χ1v) is 18.9. The molecule has 0 unspecified atom stereocenters. The van der Waals surface area contributed by atoms with E-state index in [2.05, 4.69) is 226 Å². The predicted octanol–water partition coefficient (Wildman–Crippen LogP) is 14.2. The molecule has 0 saturated heterocycles. The van der Waals surface area contributed by atoms with Crippen molar-refractivity contribution in [1.82, 2.24) is 9.13 Å². The summed E-state index contributed by atoms with van der Waals surface area (Å²) in [4.78, 5) is 2.40. The Labute approximate surface area is 319 Å². The van der Waals surface area contributed by atoms with E-state index in [9.17, 15) is 0 Å². The van der Waals surface area contributed by atoms with Gasteiger partial charge in [0.15, 0.2) is 0 Å². The van der Waals surface area contributed by atoms with Gasteiger partial charge < -0.3 is 14.0 Å². The molecule has 3 heteroatoms. The molecule has 0 aliphatic carbocycles. The van der Waals surface area contributed by atoms with E-state index in [1.807, 2.05) is 0 Å². The van der Waals surface area contributed by atoms with Gasteiger partial charge >= 0.3 is 0 Å². The molecule has 0 amide bonds. The van der Waals surface area contributed by atoms with Crippen molar-refractivity contribution >= 4 is 71.4 Å². The molecule has 0 saturated carbocycles. The van der Waals surface area contributed by atoms with Crippen molar-refractivity contribution in [2.45, 2.75) is 0 Å². The number of aromatic nitrogens is 2. The highest BCUT2D eigenvalue weighted by Crippen LogP contribution is 2.42. The summed E-state index contributed by atoms with van der Waals surface area (Å²) in [7, 11) is 0. The maximum atomic E-state index is 2.43. The molecule has 55 heavy (non-hydrogen) atoms. The summed E-state index contributed by atoms with van der Waals surface area (Å²) in [6.45, 7) is 0. The fraction of sp³-hybridized carbons (Fsp3) is 0. The summed E-state index contributed by atoms with van der Waals surface area (Å²) in [6, 6.07) is 77.1. The van der Waals surface area contributed by atoms with Crippen LogP contribution in [0.25, 0.3) is 76.9 Å². The Morgan fingerprint density at radius 2 is 0.818 bits per heavy atom. The van der Waals surface area contributed by atoms with E-state index < -0.39 is 0 Å². The van der Waals surface area contributed by atoms with Gasteiger partial charge in [0.2, 0.25) is 0 Å². The maximum Gasteiger partial charge on any atom is 0.0541 e. The molecule has 0 fully saturated rings. The Morgan fingerprint density at radius 3 is 1.51 bits per heavy atom. The van der Waals surface area contributed by atoms with E-state index in [0.29, 0.717) is 0 Å². The van der Waals surface area contributed by atoms with Gasteiger partial charge in [-0.05, 0) is 107 Å². The SMILES string of the molecule is c1ccc(N(c2cc(-c3ccc4c(c3)c3ccccc3n4-c3ccccc3)cc(-n3c4ccccc4c4ccccc43)c2)c2ccc3ccccc3c2)cc1. The second-order valence-corrected chi connectivity index (χ2v) is 14.2. The quantitative estimate of drug-likeness (QED) is 0.168. The molecule has 11 rings (SSSR count). The number of rotatable bonds is 6. The summed E-state index contributed by atoms with van der Waals surface area (Å²) in [5.41, 5.74) is 12.6. The van der Waals surface area contributed by atoms with Crippen LogP contribution in [0.3, 0.4) is 0 Å². The fourth-order valence-electron chi connectivity index (χ4n) is 8.57. The van der Waals surface area contributed by atoms with Gasteiger partial charge in [0.1, 0.15) is 0 Å². The van der Waals surface area contributed by atoms with Crippen molar-refractivity contribution in [3.8, 4) is 22.5 Å². The first kappa shape index (κ1) is 31.2. The first-order valence-electron chi connectivity index (χ1n) is 18.9. The molecule has 9 aromatic carbocycles. The third-order valence-corrected chi connectivity index (χ3v) is 11.0. The molecule has 3 nitrogen and oxygen atoms in total. The first-order chi connectivity index (χ1) is 27.3. The van der Waals surface area contributed by atoms with Crippen molar-refractivity contribution in [3.05, 3.63) is 212 Å². The lowest BCUT2D eigenvalue weighted by Gasteiger charge is -2.27. The monoisotopic (exact) mass is 701 g/mol. The van der Waals surface area contributed by atoms with Crippen molar-refractivity contribution in [3.63, 3.8) is 0 Å². The van der Waals surface area contributed by atoms with Gasteiger partial charge in [0, 0.05) is 50.0 Å². The number of anilines is 3. The molecule has 0 aliphatic heterocycles. The van der Waals surface area contributed by atoms with Crippen LogP contribution in [0.15, 0.2) is 212 Å². The van der Waals surface area contributed by atoms with Crippen LogP contribution in [-0.2, 0) is 0 Å². The fourth-order valence-corrected chi connectivity index (χ4v) is 8.57. The van der Waals surface area contributed by atoms with Crippen LogP contribution < -0.4 is 4.90 Å². The minimum Gasteiger partial charge on any atom is -0.310 e. The summed E-state index contributed by atoms with van der Waals surface area (Å²) in [5.74, 6) is 0. The second kappa shape index (κ2) is 12.6. The summed E-state index contributed by atoms with van der Waals surface area (Å²) < 4.78 is 4.81. The minimum atomic E-state index is 1.09. The zero-order chi connectivity index (χ0) is 36.3. The zero-order valence-corrected chi connectivity index (χ0v) is 30.0. The summed E-state index contributed by atoms with van der Waals surface area (Å²) >= 11 is 0. The Morgan fingerprint density at radius 1 is 0.273 bits per heavy atom. The summed E-state index contributed by atoms with van der Waals surface area (Å²) in [5, 5.41) is 7.39. The Balaban J connectivity index is 1.20. The highest BCUT2D eigenvalue weighted by atomic mass is 15.1. The van der Waals surface area contributed by atoms with Crippen molar-refractivity contribution in [1.29, 1.82) is 0 Å². The number of para-hydroxylation sites is 5. The van der Waals surface area contributed by atoms with E-state index >= 15 is 0 Å². The molecule has 0 aliphatic rings. The maximum absolute atomic E-state index is 2.43. The average Bonchev–Trinajstić information content (AvgIpc) is 3.77. The van der Waals surface area contributed by atoms with Crippen LogP contribution >= 0.6 is 0 Å². The number of benzene rings is 9. The van der Waals surface area contributed by atoms with E-state index in [1.54, 1.807) is 0 Å². The lowest BCUT2D eigenvalue weighted by Crippen LogP contribution is -2.11. The second-order valence-electron chi connectivity index (χ2n) is 14.2. The van der Waals surface area contributed by atoms with Gasteiger partial charge in [-0.2, -0.15) is 0 Å². The molecule has 11 aromatic rings. The average molecular weight is 702 g/mol. The van der Waals surface area contributed by atoms with Gasteiger partial charge in [-0.25, -0.2) is 0 Å². The number of fused-ring (bicyclic) bond motifs is 7. The van der Waals surface area contributed by atoms with Crippen molar-refractivity contribution in [2.75, 3.05) is 4.90 Å². The largest absolute Gasteiger partial charge is 0.310 e. The van der Waals surface area contributed by atoms with Crippen molar-refractivity contribution in [2.24, 2.45) is 0 Å². The third kappa shape index (κ3) is 5.13. The van der Waals surface area contributed by atoms with E-state index in [0.717, 1.165) is 34.0 Å². The molecular formula is C52H35N3. The smallest absolute Gasteiger partial charge is 0.0541 e. The highest BCUT2D eigenvalue weighted by Gasteiger charge is 2.20. The van der Waals surface area contributed by atoms with E-state index in [-0.39, 0.29) is 0 Å². The minimum absolute atomic E-state index is 1.09. The molecule has 0 atom stereocenters. The van der Waals surface area contributed by atoms with E-state index in [1.165, 1.54) is 59.9 Å². The van der Waals surface area contributed by atoms with Crippen LogP contribution in [-0.4, -0.2) is 9.13 Å². The van der Waals surface area contributed by atoms with Gasteiger partial charge in [-0.3, -0.25) is 0 Å². The van der Waals surface area contributed by atoms with Crippen LogP contribution in [0.2, 0.25) is 0 Å². The molecule has 2 aromatic heterocycles. The predicted molar refractivity (Wildman–Crippen MR) is 233 cm³/mol. The lowest BCUT2D eigenvalue weighted by atomic mass is 10.00. The number of hydrogen-bond acceptors (Lipinski definition) is 1. The lowest BCUT2D eigenvalue weighted by molar-refractivity contribution is 1.17. The normalized spacial score (nSPS) is 11.6. The van der Waals surface area contributed by atoms with Crippen LogP contribution in [0.1, 0.15) is 0 Å². The van der Waals surface area contributed by atoms with Gasteiger partial charge in [-0.15, -0.1) is 0 Å². The molecular weight excluding hydrogens is 667 g/mol.